The van der Waals surface area contributed by atoms with Crippen molar-refractivity contribution in [1.29, 1.82) is 0 Å². The van der Waals surface area contributed by atoms with Crippen LogP contribution in [0.15, 0.2) is 0 Å². The van der Waals surface area contributed by atoms with Crippen molar-refractivity contribution in [2.45, 2.75) is 63.8 Å². The van der Waals surface area contributed by atoms with E-state index in [0.29, 0.717) is 25.8 Å². The van der Waals surface area contributed by atoms with Crippen LogP contribution in [0.5, 0.6) is 0 Å². The molecule has 1 aliphatic rings. The molecule has 0 saturated carbocycles. The van der Waals surface area contributed by atoms with E-state index in [2.05, 4.69) is 16.6 Å². The Morgan fingerprint density at radius 3 is 2.76 bits per heavy atom. The molecule has 1 atom stereocenters. The maximum Gasteiger partial charge on any atom is 0.311 e. The summed E-state index contributed by atoms with van der Waals surface area (Å²) < 4.78 is 27.7. The highest BCUT2D eigenvalue weighted by Gasteiger charge is 2.38. The lowest BCUT2D eigenvalue weighted by Gasteiger charge is -2.25. The van der Waals surface area contributed by atoms with Gasteiger partial charge in [-0.1, -0.05) is 12.3 Å². The van der Waals surface area contributed by atoms with E-state index in [4.69, 9.17) is 0 Å². The van der Waals surface area contributed by atoms with Crippen LogP contribution >= 0.6 is 0 Å². The van der Waals surface area contributed by atoms with Gasteiger partial charge in [0.15, 0.2) is 0 Å². The third kappa shape index (κ3) is 6.43. The maximum atomic E-state index is 13.9. The Balaban J connectivity index is 2.46. The molecule has 21 heavy (non-hydrogen) atoms. The summed E-state index contributed by atoms with van der Waals surface area (Å²) in [6.45, 7) is 4.53. The monoisotopic (exact) mass is 300 g/mol. The Bertz CT molecular complexity index is 410. The highest BCUT2D eigenvalue weighted by atomic mass is 19.3. The average molecular weight is 300 g/mol. The van der Waals surface area contributed by atoms with Crippen molar-refractivity contribution in [3.63, 3.8) is 0 Å². The number of halogens is 2. The Morgan fingerprint density at radius 2 is 2.10 bits per heavy atom. The molecule has 120 valence electrons. The number of alkyl halides is 2. The van der Waals surface area contributed by atoms with Gasteiger partial charge < -0.3 is 10.6 Å². The molecule has 1 unspecified atom stereocenters. The van der Waals surface area contributed by atoms with E-state index in [1.54, 1.807) is 0 Å². The van der Waals surface area contributed by atoms with Gasteiger partial charge in [0.2, 0.25) is 5.91 Å². The fourth-order valence-corrected chi connectivity index (χ4v) is 2.23. The summed E-state index contributed by atoms with van der Waals surface area (Å²) in [5.41, 5.74) is -0.0804. The summed E-state index contributed by atoms with van der Waals surface area (Å²) in [7, 11) is 1.86. The summed E-state index contributed by atoms with van der Waals surface area (Å²) >= 11 is 0. The first-order valence-corrected chi connectivity index (χ1v) is 7.60. The molecule has 0 bridgehead atoms. The number of amides is 1. The molecule has 1 rings (SSSR count). The smallest absolute Gasteiger partial charge is 0.311 e. The van der Waals surface area contributed by atoms with Gasteiger partial charge >= 0.3 is 5.92 Å². The molecule has 0 aromatic heterocycles. The zero-order valence-corrected chi connectivity index (χ0v) is 13.2. The van der Waals surface area contributed by atoms with Crippen molar-refractivity contribution in [2.75, 3.05) is 13.6 Å². The molecule has 1 amide bonds. The first-order chi connectivity index (χ1) is 9.77. The highest BCUT2D eigenvalue weighted by molar-refractivity contribution is 5.76. The molecule has 3 nitrogen and oxygen atoms in total. The molecule has 0 saturated heterocycles. The van der Waals surface area contributed by atoms with E-state index in [9.17, 15) is 13.6 Å². The second kappa shape index (κ2) is 7.74. The standard InChI is InChI=1S/C16H26F2N2O/c1-15(2,19-3)10-11-20-14(21)12-13-8-6-4-5-7-9-16(13,17)18/h13,19H,4-6,8,10-12H2,1-3H3,(H,20,21). The van der Waals surface area contributed by atoms with Crippen molar-refractivity contribution in [1.82, 2.24) is 10.6 Å². The topological polar surface area (TPSA) is 41.1 Å². The fourth-order valence-electron chi connectivity index (χ4n) is 2.23. The zero-order valence-electron chi connectivity index (χ0n) is 13.2. The van der Waals surface area contributed by atoms with Gasteiger partial charge in [-0.25, -0.2) is 0 Å². The minimum Gasteiger partial charge on any atom is -0.356 e. The van der Waals surface area contributed by atoms with Gasteiger partial charge in [-0.2, -0.15) is 8.78 Å². The lowest BCUT2D eigenvalue weighted by Crippen LogP contribution is -2.41. The van der Waals surface area contributed by atoms with Gasteiger partial charge in [0, 0.05) is 30.8 Å². The number of carbonyl (C=O) groups excluding carboxylic acids is 1. The molecule has 2 N–H and O–H groups in total. The molecular formula is C16H26F2N2O. The number of hydrogen-bond donors (Lipinski definition) is 2. The van der Waals surface area contributed by atoms with Crippen LogP contribution in [-0.4, -0.2) is 31.0 Å². The third-order valence-electron chi connectivity index (χ3n) is 4.05. The Kier molecular flexibility index (Phi) is 6.60. The second-order valence-electron chi connectivity index (χ2n) is 6.31. The van der Waals surface area contributed by atoms with Gasteiger partial charge in [-0.3, -0.25) is 4.79 Å². The van der Waals surface area contributed by atoms with Gasteiger partial charge in [0.1, 0.15) is 0 Å². The van der Waals surface area contributed by atoms with Crippen molar-refractivity contribution in [3.8, 4) is 11.8 Å². The van der Waals surface area contributed by atoms with Crippen molar-refractivity contribution < 1.29 is 13.6 Å². The second-order valence-corrected chi connectivity index (χ2v) is 6.31. The molecule has 0 aromatic carbocycles. The number of rotatable bonds is 6. The van der Waals surface area contributed by atoms with Crippen LogP contribution in [0.25, 0.3) is 0 Å². The normalized spacial score (nSPS) is 21.7. The molecule has 0 spiro atoms. The number of nitrogens with one attached hydrogen (secondary N) is 2. The summed E-state index contributed by atoms with van der Waals surface area (Å²) in [5.74, 6) is 0.209. The molecule has 0 radical (unpaired) electrons. The zero-order chi connectivity index (χ0) is 15.9. The van der Waals surface area contributed by atoms with Crippen LogP contribution in [0.1, 0.15) is 52.4 Å². The summed E-state index contributed by atoms with van der Waals surface area (Å²) in [5, 5.41) is 5.87. The van der Waals surface area contributed by atoms with Crippen molar-refractivity contribution >= 4 is 5.91 Å². The average Bonchev–Trinajstić information content (AvgIpc) is 2.39. The van der Waals surface area contributed by atoms with Crippen molar-refractivity contribution in [2.24, 2.45) is 5.92 Å². The summed E-state index contributed by atoms with van der Waals surface area (Å²) in [6.07, 6.45) is 3.01. The maximum absolute atomic E-state index is 13.9. The Morgan fingerprint density at radius 1 is 1.38 bits per heavy atom. The van der Waals surface area contributed by atoms with Gasteiger partial charge in [-0.15, -0.1) is 0 Å². The fraction of sp³-hybridized carbons (Fsp3) is 0.812. The number of hydrogen-bond acceptors (Lipinski definition) is 2. The molecule has 1 aliphatic carbocycles. The third-order valence-corrected chi connectivity index (χ3v) is 4.05. The number of carbonyl (C=O) groups is 1. The minimum absolute atomic E-state index is 0.0804. The first kappa shape index (κ1) is 17.9. The van der Waals surface area contributed by atoms with Crippen LogP contribution in [0.2, 0.25) is 0 Å². The molecule has 0 fully saturated rings. The van der Waals surface area contributed by atoms with Crippen LogP contribution in [0, 0.1) is 17.8 Å². The summed E-state index contributed by atoms with van der Waals surface area (Å²) in [4.78, 5) is 11.9. The van der Waals surface area contributed by atoms with Crippen molar-refractivity contribution in [3.05, 3.63) is 0 Å². The summed E-state index contributed by atoms with van der Waals surface area (Å²) in [6, 6.07) is 0. The Hall–Kier alpha value is -1.15. The predicted octanol–water partition coefficient (Wildman–Crippen LogP) is 2.71. The predicted molar refractivity (Wildman–Crippen MR) is 80.1 cm³/mol. The SMILES string of the molecule is CNC(C)(C)CCNC(=O)CC1CCCCC#CC1(F)F. The van der Waals surface area contributed by atoms with E-state index in [-0.39, 0.29) is 17.9 Å². The lowest BCUT2D eigenvalue weighted by atomic mass is 9.89. The molecular weight excluding hydrogens is 274 g/mol. The van der Waals surface area contributed by atoms with E-state index in [1.165, 1.54) is 0 Å². The van der Waals surface area contributed by atoms with Crippen LogP contribution in [0.4, 0.5) is 8.78 Å². The quantitative estimate of drug-likeness (QED) is 0.741. The molecule has 0 aromatic rings. The van der Waals surface area contributed by atoms with E-state index < -0.39 is 11.8 Å². The van der Waals surface area contributed by atoms with E-state index in [1.807, 2.05) is 26.8 Å². The first-order valence-electron chi connectivity index (χ1n) is 7.60. The lowest BCUT2D eigenvalue weighted by molar-refractivity contribution is -0.125. The minimum atomic E-state index is -3.05. The molecule has 5 heteroatoms. The van der Waals surface area contributed by atoms with Gasteiger partial charge in [0.05, 0.1) is 0 Å². The van der Waals surface area contributed by atoms with E-state index >= 15 is 0 Å². The largest absolute Gasteiger partial charge is 0.356 e. The highest BCUT2D eigenvalue weighted by Crippen LogP contribution is 2.32. The van der Waals surface area contributed by atoms with E-state index in [0.717, 1.165) is 12.8 Å². The van der Waals surface area contributed by atoms with Gasteiger partial charge in [-0.05, 0) is 46.1 Å². The van der Waals surface area contributed by atoms with Crippen LogP contribution in [0.3, 0.4) is 0 Å². The molecule has 0 aliphatic heterocycles. The molecule has 0 heterocycles. The Labute approximate surface area is 126 Å². The van der Waals surface area contributed by atoms with Gasteiger partial charge in [0.25, 0.3) is 0 Å². The van der Waals surface area contributed by atoms with Crippen LogP contribution in [-0.2, 0) is 4.79 Å². The van der Waals surface area contributed by atoms with Crippen LogP contribution < -0.4 is 10.6 Å².